The van der Waals surface area contributed by atoms with E-state index in [-0.39, 0.29) is 5.97 Å². The third-order valence-electron chi connectivity index (χ3n) is 3.23. The fourth-order valence-electron chi connectivity index (χ4n) is 2.08. The van der Waals surface area contributed by atoms with Gasteiger partial charge in [0.1, 0.15) is 5.54 Å². The van der Waals surface area contributed by atoms with Gasteiger partial charge in [-0.1, -0.05) is 6.92 Å². The van der Waals surface area contributed by atoms with Crippen LogP contribution in [-0.4, -0.2) is 62.9 Å². The number of hydrogen-bond acceptors (Lipinski definition) is 5. The summed E-state index contributed by atoms with van der Waals surface area (Å²) in [7, 11) is 1.44. The van der Waals surface area contributed by atoms with Gasteiger partial charge in [0.05, 0.1) is 20.3 Å². The van der Waals surface area contributed by atoms with Crippen molar-refractivity contribution in [3.8, 4) is 0 Å². The van der Waals surface area contributed by atoms with Gasteiger partial charge in [0.25, 0.3) is 0 Å². The van der Waals surface area contributed by atoms with Crippen LogP contribution in [-0.2, 0) is 14.3 Å². The van der Waals surface area contributed by atoms with Crippen LogP contribution in [0.15, 0.2) is 0 Å². The first kappa shape index (κ1) is 14.4. The maximum Gasteiger partial charge on any atom is 0.325 e. The van der Waals surface area contributed by atoms with Crippen LogP contribution < -0.4 is 5.32 Å². The number of likely N-dealkylation sites (N-methyl/N-ethyl adjacent to an activating group) is 1. The van der Waals surface area contributed by atoms with Crippen LogP contribution in [0, 0.1) is 0 Å². The molecule has 1 saturated heterocycles. The first-order valence-corrected chi connectivity index (χ1v) is 6.26. The average molecular weight is 244 g/mol. The number of nitrogens with one attached hydrogen (secondary N) is 1. The van der Waals surface area contributed by atoms with Gasteiger partial charge in [0, 0.05) is 19.6 Å². The molecule has 1 heterocycles. The molecular weight excluding hydrogens is 220 g/mol. The second-order valence-electron chi connectivity index (χ2n) is 4.56. The molecule has 17 heavy (non-hydrogen) atoms. The van der Waals surface area contributed by atoms with Crippen molar-refractivity contribution in [2.24, 2.45) is 0 Å². The molecule has 5 nitrogen and oxygen atoms in total. The molecule has 0 aromatic heterocycles. The Bertz CT molecular complexity index is 242. The van der Waals surface area contributed by atoms with Crippen molar-refractivity contribution >= 4 is 5.97 Å². The van der Waals surface area contributed by atoms with Crippen molar-refractivity contribution in [2.45, 2.75) is 25.8 Å². The van der Waals surface area contributed by atoms with E-state index in [0.29, 0.717) is 0 Å². The summed E-state index contributed by atoms with van der Waals surface area (Å²) in [4.78, 5) is 14.1. The van der Waals surface area contributed by atoms with E-state index in [4.69, 9.17) is 9.47 Å². The lowest BCUT2D eigenvalue weighted by Crippen LogP contribution is -2.52. The molecule has 5 heteroatoms. The molecule has 100 valence electrons. The highest BCUT2D eigenvalue weighted by atomic mass is 16.5. The van der Waals surface area contributed by atoms with Crippen LogP contribution in [0.3, 0.4) is 0 Å². The topological polar surface area (TPSA) is 50.8 Å². The van der Waals surface area contributed by atoms with Crippen molar-refractivity contribution in [3.63, 3.8) is 0 Å². The van der Waals surface area contributed by atoms with Gasteiger partial charge in [-0.2, -0.15) is 0 Å². The third kappa shape index (κ3) is 4.26. The van der Waals surface area contributed by atoms with Gasteiger partial charge in [-0.25, -0.2) is 0 Å². The minimum Gasteiger partial charge on any atom is -0.468 e. The number of rotatable bonds is 6. The van der Waals surface area contributed by atoms with E-state index in [0.717, 1.165) is 45.8 Å². The zero-order chi connectivity index (χ0) is 12.7. The zero-order valence-electron chi connectivity index (χ0n) is 11.1. The molecule has 1 rings (SSSR count). The minimum absolute atomic E-state index is 0.187. The molecule has 1 N–H and O–H groups in total. The maximum absolute atomic E-state index is 11.8. The maximum atomic E-state index is 11.8. The lowest BCUT2D eigenvalue weighted by atomic mass is 9.97. The Morgan fingerprint density at radius 2 is 2.12 bits per heavy atom. The Balaban J connectivity index is 2.45. The molecule has 0 aromatic carbocycles. The van der Waals surface area contributed by atoms with Gasteiger partial charge in [0.2, 0.25) is 0 Å². The number of morpholine rings is 1. The Labute approximate surface area is 103 Å². The average Bonchev–Trinajstić information content (AvgIpc) is 2.37. The Kier molecular flexibility index (Phi) is 5.88. The Morgan fingerprint density at radius 1 is 1.47 bits per heavy atom. The molecule has 0 amide bonds. The number of carbonyl (C=O) groups is 1. The van der Waals surface area contributed by atoms with Crippen LogP contribution in [0.2, 0.25) is 0 Å². The van der Waals surface area contributed by atoms with E-state index in [2.05, 4.69) is 10.2 Å². The normalized spacial score (nSPS) is 20.9. The summed E-state index contributed by atoms with van der Waals surface area (Å²) >= 11 is 0. The summed E-state index contributed by atoms with van der Waals surface area (Å²) < 4.78 is 10.2. The van der Waals surface area contributed by atoms with E-state index in [1.54, 1.807) is 0 Å². The molecule has 1 fully saturated rings. The molecule has 1 unspecified atom stereocenters. The third-order valence-corrected chi connectivity index (χ3v) is 3.23. The van der Waals surface area contributed by atoms with Crippen molar-refractivity contribution in [1.82, 2.24) is 10.2 Å². The van der Waals surface area contributed by atoms with Gasteiger partial charge < -0.3 is 14.8 Å². The molecule has 0 aromatic rings. The molecule has 1 atom stereocenters. The summed E-state index contributed by atoms with van der Waals surface area (Å²) in [5.41, 5.74) is -0.582. The highest BCUT2D eigenvalue weighted by Gasteiger charge is 2.33. The number of ether oxygens (including phenoxy) is 2. The van der Waals surface area contributed by atoms with Crippen molar-refractivity contribution in [2.75, 3.05) is 46.5 Å². The molecule has 0 aliphatic carbocycles. The van der Waals surface area contributed by atoms with E-state index in [1.807, 2.05) is 13.8 Å². The van der Waals surface area contributed by atoms with Gasteiger partial charge in [-0.3, -0.25) is 9.69 Å². The molecule has 0 bridgehead atoms. The quantitative estimate of drug-likeness (QED) is 0.679. The van der Waals surface area contributed by atoms with Gasteiger partial charge in [-0.05, 0) is 19.9 Å². The molecule has 0 spiro atoms. The highest BCUT2D eigenvalue weighted by Crippen LogP contribution is 2.13. The van der Waals surface area contributed by atoms with E-state index >= 15 is 0 Å². The van der Waals surface area contributed by atoms with Crippen LogP contribution in [0.4, 0.5) is 0 Å². The lowest BCUT2D eigenvalue weighted by molar-refractivity contribution is -0.148. The molecule has 1 aliphatic rings. The van der Waals surface area contributed by atoms with Crippen LogP contribution in [0.25, 0.3) is 0 Å². The van der Waals surface area contributed by atoms with Gasteiger partial charge >= 0.3 is 5.97 Å². The Hall–Kier alpha value is -0.650. The van der Waals surface area contributed by atoms with Gasteiger partial charge in [0.15, 0.2) is 0 Å². The van der Waals surface area contributed by atoms with E-state index in [9.17, 15) is 4.79 Å². The smallest absolute Gasteiger partial charge is 0.325 e. The van der Waals surface area contributed by atoms with Crippen LogP contribution in [0.1, 0.15) is 20.3 Å². The number of hydrogen-bond donors (Lipinski definition) is 1. The lowest BCUT2D eigenvalue weighted by Gasteiger charge is -2.32. The summed E-state index contributed by atoms with van der Waals surface area (Å²) in [5, 5.41) is 3.22. The summed E-state index contributed by atoms with van der Waals surface area (Å²) in [6.07, 6.45) is 0.757. The molecule has 1 aliphatic heterocycles. The summed E-state index contributed by atoms with van der Waals surface area (Å²) in [5.74, 6) is -0.187. The fourth-order valence-corrected chi connectivity index (χ4v) is 2.08. The monoisotopic (exact) mass is 244 g/mol. The first-order valence-electron chi connectivity index (χ1n) is 6.26. The molecule has 0 saturated carbocycles. The number of carbonyl (C=O) groups excluding carboxylic acids is 1. The SMILES string of the molecule is CCNC(C)(CCN1CCOCC1)C(=O)OC. The summed E-state index contributed by atoms with van der Waals surface area (Å²) in [6.45, 7) is 9.02. The van der Waals surface area contributed by atoms with Crippen LogP contribution in [0.5, 0.6) is 0 Å². The zero-order valence-corrected chi connectivity index (χ0v) is 11.1. The number of nitrogens with zero attached hydrogens (tertiary/aromatic N) is 1. The first-order chi connectivity index (χ1) is 8.12. The standard InChI is InChI=1S/C12H24N2O3/c1-4-13-12(2,11(15)16-3)5-6-14-7-9-17-10-8-14/h13H,4-10H2,1-3H3. The minimum atomic E-state index is -0.582. The van der Waals surface area contributed by atoms with Crippen molar-refractivity contribution in [3.05, 3.63) is 0 Å². The summed E-state index contributed by atoms with van der Waals surface area (Å²) in [6, 6.07) is 0. The predicted octanol–water partition coefficient (Wildman–Crippen LogP) is 0.250. The predicted molar refractivity (Wildman–Crippen MR) is 66.0 cm³/mol. The molecule has 0 radical (unpaired) electrons. The fraction of sp³-hybridized carbons (Fsp3) is 0.917. The second kappa shape index (κ2) is 6.93. The van der Waals surface area contributed by atoms with Crippen molar-refractivity contribution in [1.29, 1.82) is 0 Å². The second-order valence-corrected chi connectivity index (χ2v) is 4.56. The Morgan fingerprint density at radius 3 is 2.65 bits per heavy atom. The number of esters is 1. The van der Waals surface area contributed by atoms with E-state index in [1.165, 1.54) is 7.11 Å². The van der Waals surface area contributed by atoms with E-state index < -0.39 is 5.54 Å². The van der Waals surface area contributed by atoms with Crippen molar-refractivity contribution < 1.29 is 14.3 Å². The largest absolute Gasteiger partial charge is 0.468 e. The van der Waals surface area contributed by atoms with Crippen LogP contribution >= 0.6 is 0 Å². The highest BCUT2D eigenvalue weighted by molar-refractivity contribution is 5.80. The number of methoxy groups -OCH3 is 1. The van der Waals surface area contributed by atoms with Gasteiger partial charge in [-0.15, -0.1) is 0 Å². The molecular formula is C12H24N2O3.